The summed E-state index contributed by atoms with van der Waals surface area (Å²) in [6.45, 7) is 6.46. The first-order valence-electron chi connectivity index (χ1n) is 13.5. The van der Waals surface area contributed by atoms with Gasteiger partial charge in [0.2, 0.25) is 11.5 Å². The van der Waals surface area contributed by atoms with Gasteiger partial charge in [-0.25, -0.2) is 9.07 Å². The predicted octanol–water partition coefficient (Wildman–Crippen LogP) is 1.45. The lowest BCUT2D eigenvalue weighted by Gasteiger charge is -2.24. The molecule has 1 aliphatic rings. The van der Waals surface area contributed by atoms with Crippen LogP contribution < -0.4 is 20.9 Å². The fraction of sp³-hybridized carbons (Fsp3) is 0.429. The Morgan fingerprint density at radius 3 is 2.71 bits per heavy atom. The van der Waals surface area contributed by atoms with Crippen LogP contribution in [0.25, 0.3) is 0 Å². The number of carbonyl (C=O) groups excluding carboxylic acids is 3. The third-order valence-electron chi connectivity index (χ3n) is 6.51. The van der Waals surface area contributed by atoms with Crippen molar-refractivity contribution in [3.8, 4) is 5.75 Å². The number of aromatic nitrogens is 4. The lowest BCUT2D eigenvalue weighted by atomic mass is 10.0. The van der Waals surface area contributed by atoms with Gasteiger partial charge in [-0.2, -0.15) is 0 Å². The normalized spacial score (nSPS) is 17.1. The molecule has 4 rings (SSSR count). The van der Waals surface area contributed by atoms with Gasteiger partial charge in [0, 0.05) is 49.6 Å². The summed E-state index contributed by atoms with van der Waals surface area (Å²) in [7, 11) is 0. The molecule has 3 aromatic rings. The number of carbonyl (C=O) groups is 3. The van der Waals surface area contributed by atoms with Gasteiger partial charge in [-0.15, -0.1) is 5.10 Å². The number of fused-ring (bicyclic) bond motifs is 3. The maximum Gasteiger partial charge on any atom is 0.255 e. The minimum atomic E-state index is -0.901. The predicted molar refractivity (Wildman–Crippen MR) is 147 cm³/mol. The van der Waals surface area contributed by atoms with E-state index >= 15 is 0 Å². The molecular weight excluding hydrogens is 533 g/mol. The lowest BCUT2D eigenvalue weighted by Crippen LogP contribution is -2.49. The number of ether oxygens (including phenoxy) is 1. The summed E-state index contributed by atoms with van der Waals surface area (Å²) in [5.74, 6) is -1.82. The van der Waals surface area contributed by atoms with E-state index in [1.165, 1.54) is 23.1 Å². The Morgan fingerprint density at radius 1 is 1.15 bits per heavy atom. The molecule has 1 aromatic carbocycles. The Balaban J connectivity index is 1.61. The summed E-state index contributed by atoms with van der Waals surface area (Å²) in [6.07, 6.45) is 2.45. The summed E-state index contributed by atoms with van der Waals surface area (Å²) >= 11 is 0. The summed E-state index contributed by atoms with van der Waals surface area (Å²) in [5.41, 5.74) is 0.999. The van der Waals surface area contributed by atoms with Crippen molar-refractivity contribution in [3.05, 3.63) is 75.2 Å². The van der Waals surface area contributed by atoms with Crippen molar-refractivity contribution in [2.45, 2.75) is 46.2 Å². The minimum Gasteiger partial charge on any atom is -0.491 e. The van der Waals surface area contributed by atoms with Crippen LogP contribution in [0.3, 0.4) is 0 Å². The molecule has 218 valence electrons. The van der Waals surface area contributed by atoms with Gasteiger partial charge in [0.1, 0.15) is 24.2 Å². The molecule has 2 aromatic heterocycles. The smallest absolute Gasteiger partial charge is 0.255 e. The second-order valence-electron chi connectivity index (χ2n) is 10.4. The molecule has 2 bridgehead atoms. The highest BCUT2D eigenvalue weighted by Crippen LogP contribution is 2.21. The zero-order valence-electron chi connectivity index (χ0n) is 23.3. The summed E-state index contributed by atoms with van der Waals surface area (Å²) in [5, 5.41) is 13.8. The molecule has 1 aliphatic heterocycles. The minimum absolute atomic E-state index is 0.0307. The lowest BCUT2D eigenvalue weighted by molar-refractivity contribution is -0.123. The van der Waals surface area contributed by atoms with Gasteiger partial charge < -0.3 is 25.3 Å². The number of hydrogen-bond donors (Lipinski definition) is 3. The third-order valence-corrected chi connectivity index (χ3v) is 6.51. The molecule has 0 fully saturated rings. The van der Waals surface area contributed by atoms with Crippen molar-refractivity contribution in [1.82, 2.24) is 35.5 Å². The van der Waals surface area contributed by atoms with E-state index in [4.69, 9.17) is 4.74 Å². The Bertz CT molecular complexity index is 1470. The average Bonchev–Trinajstić information content (AvgIpc) is 3.36. The van der Waals surface area contributed by atoms with E-state index in [-0.39, 0.29) is 60.5 Å². The Hall–Kier alpha value is -4.55. The van der Waals surface area contributed by atoms with Crippen LogP contribution in [0.15, 0.2) is 41.3 Å². The van der Waals surface area contributed by atoms with Crippen LogP contribution in [-0.4, -0.2) is 74.9 Å². The van der Waals surface area contributed by atoms with Gasteiger partial charge >= 0.3 is 0 Å². The number of aryl methyl sites for hydroxylation is 1. The van der Waals surface area contributed by atoms with Gasteiger partial charge in [0.05, 0.1) is 17.8 Å². The van der Waals surface area contributed by atoms with Crippen molar-refractivity contribution >= 4 is 17.7 Å². The highest BCUT2D eigenvalue weighted by molar-refractivity contribution is 5.99. The maximum atomic E-state index is 14.1. The quantitative estimate of drug-likeness (QED) is 0.433. The Kier molecular flexibility index (Phi) is 9.48. The van der Waals surface area contributed by atoms with E-state index in [0.717, 1.165) is 6.07 Å². The Labute approximate surface area is 236 Å². The van der Waals surface area contributed by atoms with Crippen LogP contribution in [0, 0.1) is 18.7 Å². The second kappa shape index (κ2) is 13.2. The van der Waals surface area contributed by atoms with Crippen LogP contribution in [-0.2, 0) is 17.8 Å². The summed E-state index contributed by atoms with van der Waals surface area (Å²) < 4.78 is 21.5. The molecule has 0 saturated carbocycles. The van der Waals surface area contributed by atoms with Crippen LogP contribution in [0.5, 0.6) is 5.75 Å². The van der Waals surface area contributed by atoms with Crippen molar-refractivity contribution in [2.75, 3.05) is 26.2 Å². The van der Waals surface area contributed by atoms with Gasteiger partial charge in [-0.1, -0.05) is 19.1 Å². The number of pyridine rings is 1. The van der Waals surface area contributed by atoms with E-state index < -0.39 is 23.7 Å². The number of hydrogen-bond acceptors (Lipinski definition) is 7. The zero-order valence-corrected chi connectivity index (χ0v) is 23.3. The SMILES string of the molecule is Cc1cc(C(=O)N2CCNC(=O)[C@@H](CC(C)C)NC(=O)c3cc(F)ccc3OCCn3cc(nn3)CC2)cc(=O)[nH]1. The monoisotopic (exact) mass is 567 g/mol. The molecule has 41 heavy (non-hydrogen) atoms. The standard InChI is InChI=1S/C28H34FN7O5/c1-17(2)12-23-27(39)30-7-9-35(28(40)19-13-18(3)31-25(37)14-19)8-6-21-16-36(34-33-21)10-11-41-24-5-4-20(29)15-22(24)26(38)32-23/h4-5,13-17,23H,6-12H2,1-3H3,(H,30,39)(H,31,37)(H,32,38)/t23-/m1/s1. The molecular formula is C28H34FN7O5. The molecule has 0 spiro atoms. The highest BCUT2D eigenvalue weighted by Gasteiger charge is 2.25. The number of amides is 3. The summed E-state index contributed by atoms with van der Waals surface area (Å²) in [6, 6.07) is 5.58. The molecule has 3 heterocycles. The third kappa shape index (κ3) is 7.99. The van der Waals surface area contributed by atoms with Gasteiger partial charge in [0.25, 0.3) is 11.8 Å². The first-order valence-corrected chi connectivity index (χ1v) is 13.5. The van der Waals surface area contributed by atoms with Crippen LogP contribution in [0.2, 0.25) is 0 Å². The topological polar surface area (TPSA) is 151 Å². The number of rotatable bonds is 3. The number of benzene rings is 1. The van der Waals surface area contributed by atoms with Crippen molar-refractivity contribution in [3.63, 3.8) is 0 Å². The second-order valence-corrected chi connectivity index (χ2v) is 10.4. The first-order chi connectivity index (χ1) is 19.6. The van der Waals surface area contributed by atoms with E-state index in [0.29, 0.717) is 30.8 Å². The molecule has 0 aliphatic carbocycles. The van der Waals surface area contributed by atoms with Gasteiger partial charge in [-0.05, 0) is 43.5 Å². The van der Waals surface area contributed by atoms with Gasteiger partial charge in [-0.3, -0.25) is 19.2 Å². The zero-order chi connectivity index (χ0) is 29.5. The van der Waals surface area contributed by atoms with E-state index in [9.17, 15) is 23.6 Å². The molecule has 1 atom stereocenters. The summed E-state index contributed by atoms with van der Waals surface area (Å²) in [4.78, 5) is 55.9. The molecule has 3 N–H and O–H groups in total. The number of nitrogens with one attached hydrogen (secondary N) is 3. The van der Waals surface area contributed by atoms with E-state index in [1.54, 1.807) is 23.9 Å². The van der Waals surface area contributed by atoms with Crippen molar-refractivity contribution in [2.24, 2.45) is 5.92 Å². The van der Waals surface area contributed by atoms with E-state index in [2.05, 4.69) is 25.9 Å². The largest absolute Gasteiger partial charge is 0.491 e. The van der Waals surface area contributed by atoms with Gasteiger partial charge in [0.15, 0.2) is 0 Å². The number of nitrogens with zero attached hydrogens (tertiary/aromatic N) is 4. The van der Waals surface area contributed by atoms with Crippen LogP contribution in [0.1, 0.15) is 52.4 Å². The first kappa shape index (κ1) is 29.4. The molecule has 0 saturated heterocycles. The van der Waals surface area contributed by atoms with Crippen molar-refractivity contribution < 1.29 is 23.5 Å². The fourth-order valence-electron chi connectivity index (χ4n) is 4.55. The number of H-pyrrole nitrogens is 1. The van der Waals surface area contributed by atoms with E-state index in [1.807, 2.05) is 13.8 Å². The molecule has 3 amide bonds. The molecule has 0 radical (unpaired) electrons. The molecule has 12 nitrogen and oxygen atoms in total. The number of aromatic amines is 1. The Morgan fingerprint density at radius 2 is 1.95 bits per heavy atom. The fourth-order valence-corrected chi connectivity index (χ4v) is 4.55. The van der Waals surface area contributed by atoms with Crippen LogP contribution >= 0.6 is 0 Å². The molecule has 13 heteroatoms. The highest BCUT2D eigenvalue weighted by atomic mass is 19.1. The molecule has 0 unspecified atom stereocenters. The number of halogens is 1. The maximum absolute atomic E-state index is 14.1. The van der Waals surface area contributed by atoms with Crippen molar-refractivity contribution in [1.29, 1.82) is 0 Å². The average molecular weight is 568 g/mol. The van der Waals surface area contributed by atoms with Crippen LogP contribution in [0.4, 0.5) is 4.39 Å².